The van der Waals surface area contributed by atoms with Crippen molar-refractivity contribution in [2.45, 2.75) is 19.6 Å². The Morgan fingerprint density at radius 1 is 1.35 bits per heavy atom. The predicted octanol–water partition coefficient (Wildman–Crippen LogP) is 2.72. The van der Waals surface area contributed by atoms with Gasteiger partial charge < -0.3 is 9.15 Å². The molecule has 1 saturated heterocycles. The lowest BCUT2D eigenvalue weighted by Crippen LogP contribution is -2.40. The van der Waals surface area contributed by atoms with E-state index in [9.17, 15) is 0 Å². The van der Waals surface area contributed by atoms with E-state index >= 15 is 0 Å². The van der Waals surface area contributed by atoms with Crippen molar-refractivity contribution in [2.24, 2.45) is 0 Å². The van der Waals surface area contributed by atoms with Crippen LogP contribution in [0.15, 0.2) is 33.2 Å². The van der Waals surface area contributed by atoms with Crippen molar-refractivity contribution in [3.63, 3.8) is 0 Å². The molecule has 106 valence electrons. The third kappa shape index (κ3) is 3.08. The van der Waals surface area contributed by atoms with E-state index in [0.717, 1.165) is 29.7 Å². The van der Waals surface area contributed by atoms with Gasteiger partial charge in [0.1, 0.15) is 0 Å². The quantitative estimate of drug-likeness (QED) is 0.861. The summed E-state index contributed by atoms with van der Waals surface area (Å²) in [6, 6.07) is 7.83. The Bertz CT molecular complexity index is 587. The van der Waals surface area contributed by atoms with Crippen LogP contribution in [0, 0.1) is 0 Å². The molecule has 1 aromatic heterocycles. The minimum absolute atomic E-state index is 0.259. The molecule has 0 unspecified atom stereocenters. The van der Waals surface area contributed by atoms with Crippen LogP contribution >= 0.6 is 15.9 Å². The molecule has 20 heavy (non-hydrogen) atoms. The second kappa shape index (κ2) is 6.03. The maximum Gasteiger partial charge on any atom is 0.248 e. The molecule has 0 radical (unpaired) electrons. The van der Waals surface area contributed by atoms with E-state index in [-0.39, 0.29) is 6.10 Å². The van der Waals surface area contributed by atoms with Gasteiger partial charge in [0.25, 0.3) is 0 Å². The third-order valence-electron chi connectivity index (χ3n) is 3.26. The van der Waals surface area contributed by atoms with Crippen LogP contribution < -0.4 is 0 Å². The normalized spacial score (nSPS) is 20.2. The Morgan fingerprint density at radius 2 is 2.20 bits per heavy atom. The molecule has 0 N–H and O–H groups in total. The second-order valence-electron chi connectivity index (χ2n) is 4.90. The van der Waals surface area contributed by atoms with E-state index in [1.807, 2.05) is 24.3 Å². The van der Waals surface area contributed by atoms with E-state index < -0.39 is 0 Å². The summed E-state index contributed by atoms with van der Waals surface area (Å²) >= 11 is 3.49. The number of halogens is 1. The van der Waals surface area contributed by atoms with E-state index in [2.05, 4.69) is 38.0 Å². The third-order valence-corrected chi connectivity index (χ3v) is 3.95. The van der Waals surface area contributed by atoms with E-state index in [0.29, 0.717) is 18.3 Å². The highest BCUT2D eigenvalue weighted by Gasteiger charge is 2.19. The van der Waals surface area contributed by atoms with E-state index in [4.69, 9.17) is 9.15 Å². The summed E-state index contributed by atoms with van der Waals surface area (Å²) in [7, 11) is 0. The van der Waals surface area contributed by atoms with Crippen LogP contribution in [-0.4, -0.2) is 40.9 Å². The van der Waals surface area contributed by atoms with Crippen molar-refractivity contribution >= 4 is 15.9 Å². The number of ether oxygens (including phenoxy) is 1. The van der Waals surface area contributed by atoms with Gasteiger partial charge in [-0.05, 0) is 35.0 Å². The van der Waals surface area contributed by atoms with Crippen LogP contribution in [0.4, 0.5) is 0 Å². The van der Waals surface area contributed by atoms with Gasteiger partial charge in [0, 0.05) is 17.6 Å². The summed E-state index contributed by atoms with van der Waals surface area (Å²) in [6.45, 7) is 5.30. The number of morpholine rings is 1. The Labute approximate surface area is 126 Å². The number of hydrogen-bond acceptors (Lipinski definition) is 5. The highest BCUT2D eigenvalue weighted by molar-refractivity contribution is 9.10. The molecule has 2 aromatic rings. The van der Waals surface area contributed by atoms with Crippen LogP contribution in [0.25, 0.3) is 11.5 Å². The lowest BCUT2D eigenvalue weighted by Gasteiger charge is -2.29. The smallest absolute Gasteiger partial charge is 0.248 e. The van der Waals surface area contributed by atoms with Crippen molar-refractivity contribution in [3.8, 4) is 11.5 Å². The number of rotatable bonds is 3. The second-order valence-corrected chi connectivity index (χ2v) is 5.75. The summed E-state index contributed by atoms with van der Waals surface area (Å²) < 4.78 is 12.2. The highest BCUT2D eigenvalue weighted by Crippen LogP contribution is 2.26. The Morgan fingerprint density at radius 3 is 3.00 bits per heavy atom. The van der Waals surface area contributed by atoms with Gasteiger partial charge >= 0.3 is 0 Å². The van der Waals surface area contributed by atoms with Crippen molar-refractivity contribution in [2.75, 3.05) is 19.7 Å². The van der Waals surface area contributed by atoms with Crippen molar-refractivity contribution in [1.82, 2.24) is 15.1 Å². The summed E-state index contributed by atoms with van der Waals surface area (Å²) in [6.07, 6.45) is 0.259. The molecule has 0 amide bonds. The van der Waals surface area contributed by atoms with Crippen LogP contribution in [0.5, 0.6) is 0 Å². The van der Waals surface area contributed by atoms with Gasteiger partial charge in [-0.3, -0.25) is 4.90 Å². The fourth-order valence-electron chi connectivity index (χ4n) is 2.29. The topological polar surface area (TPSA) is 51.4 Å². The minimum atomic E-state index is 0.259. The zero-order valence-electron chi connectivity index (χ0n) is 11.3. The van der Waals surface area contributed by atoms with Gasteiger partial charge in [-0.1, -0.05) is 12.1 Å². The summed E-state index contributed by atoms with van der Waals surface area (Å²) in [4.78, 5) is 2.27. The predicted molar refractivity (Wildman–Crippen MR) is 78.1 cm³/mol. The average Bonchev–Trinajstić information content (AvgIpc) is 2.87. The molecule has 1 fully saturated rings. The van der Waals surface area contributed by atoms with E-state index in [1.54, 1.807) is 0 Å². The zero-order valence-corrected chi connectivity index (χ0v) is 12.8. The molecule has 1 aromatic carbocycles. The fraction of sp³-hybridized carbons (Fsp3) is 0.429. The molecule has 1 aliphatic heterocycles. The number of aromatic nitrogens is 2. The molecular weight excluding hydrogens is 322 g/mol. The molecule has 3 rings (SSSR count). The van der Waals surface area contributed by atoms with Gasteiger partial charge in [-0.25, -0.2) is 0 Å². The molecule has 5 nitrogen and oxygen atoms in total. The van der Waals surface area contributed by atoms with E-state index in [1.165, 1.54) is 0 Å². The molecular formula is C14H16BrN3O2. The molecule has 0 aliphatic carbocycles. The van der Waals surface area contributed by atoms with Crippen molar-refractivity contribution in [3.05, 3.63) is 34.6 Å². The zero-order chi connectivity index (χ0) is 13.9. The van der Waals surface area contributed by atoms with Crippen LogP contribution in [0.2, 0.25) is 0 Å². The number of hydrogen-bond donors (Lipinski definition) is 0. The molecule has 0 spiro atoms. The van der Waals surface area contributed by atoms with Gasteiger partial charge in [-0.15, -0.1) is 10.2 Å². The standard InChI is InChI=1S/C14H16BrN3O2/c1-10-8-18(6-7-19-10)9-13-16-17-14(20-13)11-4-2-3-5-12(11)15/h2-5,10H,6-9H2,1H3/t10-/m0/s1. The molecule has 0 bridgehead atoms. The Kier molecular flexibility index (Phi) is 4.14. The number of nitrogens with zero attached hydrogens (tertiary/aromatic N) is 3. The SMILES string of the molecule is C[C@H]1CN(Cc2nnc(-c3ccccc3Br)o2)CCO1. The van der Waals surface area contributed by atoms with Gasteiger partial charge in [0.2, 0.25) is 11.8 Å². The van der Waals surface area contributed by atoms with Gasteiger partial charge in [-0.2, -0.15) is 0 Å². The first-order valence-electron chi connectivity index (χ1n) is 6.63. The molecule has 2 heterocycles. The Balaban J connectivity index is 1.72. The maximum atomic E-state index is 5.75. The summed E-state index contributed by atoms with van der Waals surface area (Å²) in [5.74, 6) is 1.19. The van der Waals surface area contributed by atoms with Crippen molar-refractivity contribution < 1.29 is 9.15 Å². The minimum Gasteiger partial charge on any atom is -0.419 e. The van der Waals surface area contributed by atoms with Crippen LogP contribution in [-0.2, 0) is 11.3 Å². The summed E-state index contributed by atoms with van der Waals surface area (Å²) in [5, 5.41) is 8.26. The van der Waals surface area contributed by atoms with Crippen LogP contribution in [0.1, 0.15) is 12.8 Å². The van der Waals surface area contributed by atoms with Gasteiger partial charge in [0.05, 0.1) is 24.8 Å². The monoisotopic (exact) mass is 337 g/mol. The summed E-state index contributed by atoms with van der Waals surface area (Å²) in [5.41, 5.74) is 0.918. The highest BCUT2D eigenvalue weighted by atomic mass is 79.9. The molecule has 1 aliphatic rings. The first kappa shape index (κ1) is 13.7. The Hall–Kier alpha value is -1.24. The number of benzene rings is 1. The molecule has 1 atom stereocenters. The molecule has 0 saturated carbocycles. The maximum absolute atomic E-state index is 5.75. The average molecular weight is 338 g/mol. The first-order chi connectivity index (χ1) is 9.72. The lowest BCUT2D eigenvalue weighted by molar-refractivity contribution is -0.0235. The van der Waals surface area contributed by atoms with Crippen molar-refractivity contribution in [1.29, 1.82) is 0 Å². The molecule has 6 heteroatoms. The largest absolute Gasteiger partial charge is 0.419 e. The lowest BCUT2D eigenvalue weighted by atomic mass is 10.2. The fourth-order valence-corrected chi connectivity index (χ4v) is 2.74. The first-order valence-corrected chi connectivity index (χ1v) is 7.43. The van der Waals surface area contributed by atoms with Gasteiger partial charge in [0.15, 0.2) is 0 Å². The van der Waals surface area contributed by atoms with Crippen LogP contribution in [0.3, 0.4) is 0 Å².